The van der Waals surface area contributed by atoms with Crippen molar-refractivity contribution in [2.75, 3.05) is 6.61 Å². The van der Waals surface area contributed by atoms with Gasteiger partial charge in [0.25, 0.3) is 11.8 Å². The molecule has 16 heavy (non-hydrogen) atoms. The summed E-state index contributed by atoms with van der Waals surface area (Å²) in [6.45, 7) is 2.94. The third-order valence-corrected chi connectivity index (χ3v) is 1.63. The molecule has 0 atom stereocenters. The summed E-state index contributed by atoms with van der Waals surface area (Å²) < 4.78 is 0. The largest absolute Gasteiger partial charge is 0.384 e. The highest BCUT2D eigenvalue weighted by molar-refractivity contribution is 6.01. The number of nitrogens with zero attached hydrogens (tertiary/aromatic N) is 2. The van der Waals surface area contributed by atoms with Gasteiger partial charge in [0, 0.05) is 12.8 Å². The van der Waals surface area contributed by atoms with Crippen molar-refractivity contribution in [3.05, 3.63) is 0 Å². The molecule has 0 aromatic heterocycles. The molecule has 1 saturated heterocycles. The molecule has 7 nitrogen and oxygen atoms in total. The molecule has 1 aliphatic heterocycles. The summed E-state index contributed by atoms with van der Waals surface area (Å²) in [5.41, 5.74) is 0.640. The van der Waals surface area contributed by atoms with Gasteiger partial charge in [-0.15, -0.1) is 5.06 Å². The SMILES string of the molecule is CC(C)=NOCC(=O)ON1C(=O)CCC1=O. The molecule has 0 saturated carbocycles. The van der Waals surface area contributed by atoms with Gasteiger partial charge >= 0.3 is 5.97 Å². The van der Waals surface area contributed by atoms with Crippen LogP contribution in [0.1, 0.15) is 26.7 Å². The Morgan fingerprint density at radius 3 is 2.38 bits per heavy atom. The van der Waals surface area contributed by atoms with Crippen molar-refractivity contribution >= 4 is 23.5 Å². The fourth-order valence-electron chi connectivity index (χ4n) is 1.00. The van der Waals surface area contributed by atoms with E-state index in [0.29, 0.717) is 10.8 Å². The molecule has 0 bridgehead atoms. The Balaban J connectivity index is 2.37. The van der Waals surface area contributed by atoms with Gasteiger partial charge in [-0.25, -0.2) is 4.79 Å². The van der Waals surface area contributed by atoms with Crippen molar-refractivity contribution in [2.24, 2.45) is 5.16 Å². The Bertz CT molecular complexity index is 330. The number of hydroxylamine groups is 2. The van der Waals surface area contributed by atoms with Crippen molar-refractivity contribution in [1.82, 2.24) is 5.06 Å². The lowest BCUT2D eigenvalue weighted by atomic mass is 10.4. The van der Waals surface area contributed by atoms with E-state index in [1.54, 1.807) is 13.8 Å². The molecule has 0 unspecified atom stereocenters. The van der Waals surface area contributed by atoms with E-state index in [0.717, 1.165) is 0 Å². The van der Waals surface area contributed by atoms with Gasteiger partial charge < -0.3 is 9.68 Å². The van der Waals surface area contributed by atoms with Gasteiger partial charge in [0.2, 0.25) is 6.61 Å². The summed E-state index contributed by atoms with van der Waals surface area (Å²) in [5, 5.41) is 3.97. The van der Waals surface area contributed by atoms with Crippen LogP contribution in [0.15, 0.2) is 5.16 Å². The number of carbonyl (C=O) groups excluding carboxylic acids is 3. The molecule has 7 heteroatoms. The van der Waals surface area contributed by atoms with E-state index < -0.39 is 24.4 Å². The van der Waals surface area contributed by atoms with E-state index >= 15 is 0 Å². The van der Waals surface area contributed by atoms with Crippen LogP contribution in [0.25, 0.3) is 0 Å². The predicted octanol–water partition coefficient (Wildman–Crippen LogP) is 0.00600. The van der Waals surface area contributed by atoms with Crippen molar-refractivity contribution in [3.8, 4) is 0 Å². The molecule has 1 aliphatic rings. The Hall–Kier alpha value is -1.92. The zero-order valence-corrected chi connectivity index (χ0v) is 9.06. The minimum atomic E-state index is -0.839. The van der Waals surface area contributed by atoms with Crippen molar-refractivity contribution < 1.29 is 24.1 Å². The number of imide groups is 1. The molecule has 0 aliphatic carbocycles. The number of hydrogen-bond acceptors (Lipinski definition) is 6. The lowest BCUT2D eigenvalue weighted by Crippen LogP contribution is -2.33. The van der Waals surface area contributed by atoms with Crippen LogP contribution in [0.3, 0.4) is 0 Å². The predicted molar refractivity (Wildman–Crippen MR) is 51.9 cm³/mol. The summed E-state index contributed by atoms with van der Waals surface area (Å²) in [6, 6.07) is 0. The van der Waals surface area contributed by atoms with Crippen LogP contribution in [-0.2, 0) is 24.1 Å². The number of amides is 2. The van der Waals surface area contributed by atoms with Crippen LogP contribution in [0.2, 0.25) is 0 Å². The highest BCUT2D eigenvalue weighted by Crippen LogP contribution is 2.11. The number of oxime groups is 1. The first-order valence-electron chi connectivity index (χ1n) is 4.70. The zero-order valence-electron chi connectivity index (χ0n) is 9.06. The zero-order chi connectivity index (χ0) is 12.1. The lowest BCUT2D eigenvalue weighted by Gasteiger charge is -2.11. The molecule has 1 heterocycles. The molecule has 0 spiro atoms. The smallest absolute Gasteiger partial charge is 0.373 e. The molecule has 0 aromatic carbocycles. The molecular weight excluding hydrogens is 216 g/mol. The minimum absolute atomic E-state index is 0.0686. The Labute approximate surface area is 91.9 Å². The molecule has 88 valence electrons. The third kappa shape index (κ3) is 3.34. The average molecular weight is 228 g/mol. The van der Waals surface area contributed by atoms with E-state index in [2.05, 4.69) is 14.8 Å². The van der Waals surface area contributed by atoms with E-state index in [4.69, 9.17) is 0 Å². The fraction of sp³-hybridized carbons (Fsp3) is 0.556. The summed E-state index contributed by atoms with van der Waals surface area (Å²) in [6.07, 6.45) is 0.137. The Morgan fingerprint density at radius 1 is 1.31 bits per heavy atom. The van der Waals surface area contributed by atoms with E-state index in [9.17, 15) is 14.4 Å². The summed E-state index contributed by atoms with van der Waals surface area (Å²) in [4.78, 5) is 42.4. The first-order valence-corrected chi connectivity index (χ1v) is 4.70. The van der Waals surface area contributed by atoms with Gasteiger partial charge in [0.15, 0.2) is 0 Å². The number of carbonyl (C=O) groups is 3. The summed E-state index contributed by atoms with van der Waals surface area (Å²) in [5.74, 6) is -1.88. The second-order valence-electron chi connectivity index (χ2n) is 3.36. The topological polar surface area (TPSA) is 85.3 Å². The molecule has 0 aromatic rings. The quantitative estimate of drug-likeness (QED) is 0.384. The normalized spacial score (nSPS) is 15.0. The number of rotatable bonds is 4. The maximum absolute atomic E-state index is 11.1. The van der Waals surface area contributed by atoms with Crippen molar-refractivity contribution in [1.29, 1.82) is 0 Å². The molecule has 0 radical (unpaired) electrons. The van der Waals surface area contributed by atoms with Gasteiger partial charge in [-0.3, -0.25) is 9.59 Å². The van der Waals surface area contributed by atoms with Crippen LogP contribution < -0.4 is 0 Å². The maximum Gasteiger partial charge on any atom is 0.373 e. The molecule has 0 N–H and O–H groups in total. The standard InChI is InChI=1S/C9H12N2O5/c1-6(2)10-15-5-9(14)16-11-7(12)3-4-8(11)13/h3-5H2,1-2H3. The minimum Gasteiger partial charge on any atom is -0.384 e. The highest BCUT2D eigenvalue weighted by atomic mass is 16.7. The monoisotopic (exact) mass is 228 g/mol. The fourth-order valence-corrected chi connectivity index (χ4v) is 1.00. The van der Waals surface area contributed by atoms with Gasteiger partial charge in [0.1, 0.15) is 0 Å². The molecule has 2 amide bonds. The van der Waals surface area contributed by atoms with E-state index in [1.807, 2.05) is 0 Å². The van der Waals surface area contributed by atoms with Gasteiger partial charge in [-0.1, -0.05) is 5.16 Å². The van der Waals surface area contributed by atoms with Crippen LogP contribution in [0, 0.1) is 0 Å². The first kappa shape index (κ1) is 12.2. The second-order valence-corrected chi connectivity index (χ2v) is 3.36. The van der Waals surface area contributed by atoms with E-state index in [-0.39, 0.29) is 12.8 Å². The third-order valence-electron chi connectivity index (χ3n) is 1.63. The van der Waals surface area contributed by atoms with Crippen molar-refractivity contribution in [2.45, 2.75) is 26.7 Å². The molecule has 1 rings (SSSR count). The van der Waals surface area contributed by atoms with Crippen LogP contribution in [0.5, 0.6) is 0 Å². The maximum atomic E-state index is 11.1. The Kier molecular flexibility index (Phi) is 3.98. The van der Waals surface area contributed by atoms with Gasteiger partial charge in [0.05, 0.1) is 5.71 Å². The second kappa shape index (κ2) is 5.24. The lowest BCUT2D eigenvalue weighted by molar-refractivity contribution is -0.200. The summed E-state index contributed by atoms with van der Waals surface area (Å²) >= 11 is 0. The molecule has 1 fully saturated rings. The van der Waals surface area contributed by atoms with Crippen LogP contribution in [-0.4, -0.2) is 35.2 Å². The number of hydrogen-bond donors (Lipinski definition) is 0. The Morgan fingerprint density at radius 2 is 1.88 bits per heavy atom. The average Bonchev–Trinajstić information content (AvgIpc) is 2.49. The van der Waals surface area contributed by atoms with Crippen molar-refractivity contribution in [3.63, 3.8) is 0 Å². The first-order chi connectivity index (χ1) is 7.50. The van der Waals surface area contributed by atoms with Crippen LogP contribution >= 0.6 is 0 Å². The van der Waals surface area contributed by atoms with E-state index in [1.165, 1.54) is 0 Å². The summed E-state index contributed by atoms with van der Waals surface area (Å²) in [7, 11) is 0. The highest BCUT2D eigenvalue weighted by Gasteiger charge is 2.32. The van der Waals surface area contributed by atoms with Gasteiger partial charge in [-0.2, -0.15) is 0 Å². The van der Waals surface area contributed by atoms with Crippen LogP contribution in [0.4, 0.5) is 0 Å². The molecular formula is C9H12N2O5. The van der Waals surface area contributed by atoms with Gasteiger partial charge in [-0.05, 0) is 13.8 Å².